The maximum absolute atomic E-state index is 12.9. The van der Waals surface area contributed by atoms with Crippen LogP contribution in [0, 0.1) is 11.3 Å². The summed E-state index contributed by atoms with van der Waals surface area (Å²) in [6, 6.07) is 0. The highest BCUT2D eigenvalue weighted by Gasteiger charge is 2.60. The van der Waals surface area contributed by atoms with Gasteiger partial charge < -0.3 is 28.4 Å². The SMILES string of the molecule is COCCOC(=O)C(COC(=O)COC=O)(C(=O)OCC(C)C)C(=O)OC(C)(C)C. The Hall–Kier alpha value is -2.69. The number of esters is 4. The summed E-state index contributed by atoms with van der Waals surface area (Å²) in [6.07, 6.45) is 0. The molecule has 0 fully saturated rings. The minimum absolute atomic E-state index is 0.00978. The highest BCUT2D eigenvalue weighted by molar-refractivity contribution is 6.18. The van der Waals surface area contributed by atoms with Crippen molar-refractivity contribution in [2.75, 3.05) is 40.1 Å². The first-order valence-corrected chi connectivity index (χ1v) is 9.18. The van der Waals surface area contributed by atoms with Crippen molar-refractivity contribution >= 4 is 30.3 Å². The predicted molar refractivity (Wildman–Crippen MR) is 99.9 cm³/mol. The molecule has 0 aromatic carbocycles. The highest BCUT2D eigenvalue weighted by Crippen LogP contribution is 2.28. The van der Waals surface area contributed by atoms with Crippen molar-refractivity contribution in [2.45, 2.75) is 40.2 Å². The van der Waals surface area contributed by atoms with Crippen LogP contribution in [0.2, 0.25) is 0 Å². The standard InChI is InChI=1S/C19H30O11/c1-13(2)9-28-16(23)19(15(22)27-8-7-25-6,17(24)30-18(3,4)5)11-29-14(21)10-26-12-20/h12-13H,7-11H2,1-6H3. The van der Waals surface area contributed by atoms with Crippen molar-refractivity contribution in [3.8, 4) is 0 Å². The molecule has 0 bridgehead atoms. The Bertz CT molecular complexity index is 606. The van der Waals surface area contributed by atoms with Gasteiger partial charge in [0.05, 0.1) is 13.2 Å². The van der Waals surface area contributed by atoms with E-state index in [1.54, 1.807) is 13.8 Å². The molecule has 11 nitrogen and oxygen atoms in total. The van der Waals surface area contributed by atoms with Crippen LogP contribution >= 0.6 is 0 Å². The van der Waals surface area contributed by atoms with Gasteiger partial charge in [0, 0.05) is 7.11 Å². The number of carbonyl (C=O) groups excluding carboxylic acids is 5. The quantitative estimate of drug-likeness (QED) is 0.131. The largest absolute Gasteiger partial charge is 0.464 e. The second-order valence-corrected chi connectivity index (χ2v) is 7.60. The predicted octanol–water partition coefficient (Wildman–Crippen LogP) is 0.420. The van der Waals surface area contributed by atoms with Crippen LogP contribution in [-0.2, 0) is 52.4 Å². The fourth-order valence-corrected chi connectivity index (χ4v) is 1.83. The maximum Gasteiger partial charge on any atom is 0.344 e. The van der Waals surface area contributed by atoms with Crippen LogP contribution in [-0.4, -0.2) is 76.1 Å². The Morgan fingerprint density at radius 1 is 0.900 bits per heavy atom. The molecule has 0 heterocycles. The first kappa shape index (κ1) is 27.3. The Labute approximate surface area is 175 Å². The molecule has 1 atom stereocenters. The molecule has 0 aliphatic rings. The van der Waals surface area contributed by atoms with Crippen LogP contribution in [0.4, 0.5) is 0 Å². The second-order valence-electron chi connectivity index (χ2n) is 7.60. The zero-order valence-corrected chi connectivity index (χ0v) is 18.2. The van der Waals surface area contributed by atoms with Crippen LogP contribution in [0.1, 0.15) is 34.6 Å². The maximum atomic E-state index is 12.9. The highest BCUT2D eigenvalue weighted by atomic mass is 16.6. The van der Waals surface area contributed by atoms with E-state index in [4.69, 9.17) is 23.7 Å². The smallest absolute Gasteiger partial charge is 0.344 e. The molecule has 0 aliphatic carbocycles. The van der Waals surface area contributed by atoms with E-state index in [1.807, 2.05) is 0 Å². The van der Waals surface area contributed by atoms with Gasteiger partial charge in [-0.15, -0.1) is 0 Å². The Kier molecular flexibility index (Phi) is 11.6. The molecule has 172 valence electrons. The first-order chi connectivity index (χ1) is 13.9. The lowest BCUT2D eigenvalue weighted by molar-refractivity contribution is -0.196. The number of hydrogen-bond acceptors (Lipinski definition) is 11. The van der Waals surface area contributed by atoms with E-state index >= 15 is 0 Å². The van der Waals surface area contributed by atoms with E-state index in [-0.39, 0.29) is 32.2 Å². The number of hydrogen-bond donors (Lipinski definition) is 0. The minimum atomic E-state index is -2.73. The molecule has 0 spiro atoms. The molecule has 0 amide bonds. The first-order valence-electron chi connectivity index (χ1n) is 9.18. The van der Waals surface area contributed by atoms with E-state index in [0.29, 0.717) is 0 Å². The van der Waals surface area contributed by atoms with Gasteiger partial charge in [0.15, 0.2) is 6.61 Å². The molecule has 0 saturated carbocycles. The van der Waals surface area contributed by atoms with Crippen LogP contribution in [0.25, 0.3) is 0 Å². The fourth-order valence-electron chi connectivity index (χ4n) is 1.83. The molecular formula is C19H30O11. The zero-order valence-electron chi connectivity index (χ0n) is 18.2. The van der Waals surface area contributed by atoms with Gasteiger partial charge in [0.25, 0.3) is 11.9 Å². The molecule has 11 heteroatoms. The molecule has 30 heavy (non-hydrogen) atoms. The van der Waals surface area contributed by atoms with Gasteiger partial charge in [-0.1, -0.05) is 13.8 Å². The topological polar surface area (TPSA) is 141 Å². The van der Waals surface area contributed by atoms with Crippen molar-refractivity contribution in [2.24, 2.45) is 11.3 Å². The van der Waals surface area contributed by atoms with Crippen LogP contribution in [0.3, 0.4) is 0 Å². The van der Waals surface area contributed by atoms with Gasteiger partial charge in [-0.25, -0.2) is 4.79 Å². The molecule has 0 aromatic heterocycles. The van der Waals surface area contributed by atoms with Crippen molar-refractivity contribution in [1.82, 2.24) is 0 Å². The van der Waals surface area contributed by atoms with Crippen molar-refractivity contribution in [3.63, 3.8) is 0 Å². The van der Waals surface area contributed by atoms with E-state index in [9.17, 15) is 24.0 Å². The van der Waals surface area contributed by atoms with E-state index < -0.39 is 48.1 Å². The summed E-state index contributed by atoms with van der Waals surface area (Å²) in [7, 11) is 1.36. The number of ether oxygens (including phenoxy) is 6. The number of methoxy groups -OCH3 is 1. The molecule has 0 N–H and O–H groups in total. The lowest BCUT2D eigenvalue weighted by atomic mass is 9.88. The molecule has 0 rings (SSSR count). The van der Waals surface area contributed by atoms with E-state index in [0.717, 1.165) is 0 Å². The van der Waals surface area contributed by atoms with Crippen molar-refractivity contribution in [1.29, 1.82) is 0 Å². The Morgan fingerprint density at radius 3 is 2.00 bits per heavy atom. The summed E-state index contributed by atoms with van der Waals surface area (Å²) >= 11 is 0. The molecular weight excluding hydrogens is 404 g/mol. The van der Waals surface area contributed by atoms with E-state index in [2.05, 4.69) is 4.74 Å². The van der Waals surface area contributed by atoms with Gasteiger partial charge in [-0.2, -0.15) is 0 Å². The average Bonchev–Trinajstić information content (AvgIpc) is 2.63. The zero-order chi connectivity index (χ0) is 23.4. The lowest BCUT2D eigenvalue weighted by Gasteiger charge is -2.30. The molecule has 0 saturated heterocycles. The van der Waals surface area contributed by atoms with Crippen LogP contribution in [0.15, 0.2) is 0 Å². The second kappa shape index (κ2) is 12.8. The molecule has 0 radical (unpaired) electrons. The third-order valence-corrected chi connectivity index (χ3v) is 3.23. The summed E-state index contributed by atoms with van der Waals surface area (Å²) in [4.78, 5) is 60.6. The summed E-state index contributed by atoms with van der Waals surface area (Å²) in [5, 5.41) is 0. The van der Waals surface area contributed by atoms with Gasteiger partial charge in [0.1, 0.15) is 18.8 Å². The molecule has 1 unspecified atom stereocenters. The number of rotatable bonds is 13. The monoisotopic (exact) mass is 434 g/mol. The fraction of sp³-hybridized carbons (Fsp3) is 0.737. The van der Waals surface area contributed by atoms with Gasteiger partial charge in [-0.3, -0.25) is 19.2 Å². The van der Waals surface area contributed by atoms with Crippen LogP contribution in [0.5, 0.6) is 0 Å². The molecule has 0 aliphatic heterocycles. The Balaban J connectivity index is 5.98. The summed E-state index contributed by atoms with van der Waals surface area (Å²) in [5.74, 6) is -5.14. The van der Waals surface area contributed by atoms with Gasteiger partial charge in [-0.05, 0) is 26.7 Å². The van der Waals surface area contributed by atoms with Crippen molar-refractivity contribution in [3.05, 3.63) is 0 Å². The van der Waals surface area contributed by atoms with Gasteiger partial charge in [0.2, 0.25) is 0 Å². The average molecular weight is 434 g/mol. The third-order valence-electron chi connectivity index (χ3n) is 3.23. The lowest BCUT2D eigenvalue weighted by Crippen LogP contribution is -2.54. The molecule has 0 aromatic rings. The van der Waals surface area contributed by atoms with Crippen LogP contribution < -0.4 is 0 Å². The summed E-state index contributed by atoms with van der Waals surface area (Å²) < 4.78 is 29.2. The summed E-state index contributed by atoms with van der Waals surface area (Å²) in [5.41, 5.74) is -3.81. The van der Waals surface area contributed by atoms with E-state index in [1.165, 1.54) is 27.9 Å². The number of carbonyl (C=O) groups is 5. The normalized spacial score (nSPS) is 13.0. The summed E-state index contributed by atoms with van der Waals surface area (Å²) in [6.45, 7) is 5.82. The Morgan fingerprint density at radius 2 is 1.50 bits per heavy atom. The minimum Gasteiger partial charge on any atom is -0.464 e. The van der Waals surface area contributed by atoms with Crippen molar-refractivity contribution < 1.29 is 52.4 Å². The third kappa shape index (κ3) is 9.21. The van der Waals surface area contributed by atoms with Gasteiger partial charge >= 0.3 is 23.9 Å².